The van der Waals surface area contributed by atoms with Gasteiger partial charge in [0, 0.05) is 16.1 Å². The normalized spacial score (nSPS) is 13.4. The van der Waals surface area contributed by atoms with E-state index < -0.39 is 29.8 Å². The molecule has 1 aromatic rings. The first-order valence-corrected chi connectivity index (χ1v) is 7.99. The number of ether oxygens (including phenoxy) is 1. The highest BCUT2D eigenvalue weighted by atomic mass is 79.9. The van der Waals surface area contributed by atoms with Gasteiger partial charge in [0.25, 0.3) is 5.91 Å². The summed E-state index contributed by atoms with van der Waals surface area (Å²) in [5.41, 5.74) is -0.832. The van der Waals surface area contributed by atoms with Gasteiger partial charge in [-0.05, 0) is 37.1 Å². The number of benzene rings is 1. The lowest BCUT2D eigenvalue weighted by atomic mass is 9.90. The number of amides is 1. The maximum atomic E-state index is 13.5. The average molecular weight is 397 g/mol. The lowest BCUT2D eigenvalue weighted by Crippen LogP contribution is -2.50. The number of nitrogens with zero attached hydrogens (tertiary/aromatic N) is 1. The zero-order valence-corrected chi connectivity index (χ0v) is 15.2. The monoisotopic (exact) mass is 396 g/mol. The summed E-state index contributed by atoms with van der Waals surface area (Å²) >= 11 is 3.20. The summed E-state index contributed by atoms with van der Waals surface area (Å²) in [6, 6.07) is 6.33. The molecule has 0 bridgehead atoms. The molecule has 0 fully saturated rings. The van der Waals surface area contributed by atoms with Crippen LogP contribution in [-0.2, 0) is 14.3 Å². The summed E-state index contributed by atoms with van der Waals surface area (Å²) in [6.07, 6.45) is 2.29. The van der Waals surface area contributed by atoms with Crippen LogP contribution in [0.1, 0.15) is 26.3 Å². The van der Waals surface area contributed by atoms with Gasteiger partial charge in [-0.15, -0.1) is 0 Å². The molecule has 128 valence electrons. The summed E-state index contributed by atoms with van der Waals surface area (Å²) in [5, 5.41) is 11.6. The standard InChI is InChI=1S/C17H18BrFN2O3/c1-11(2)17(3,10-20)21-15(22)9-24-16(23)7-4-12-8-13(18)5-6-14(12)19/h4-8,11H,9H2,1-3H3,(H,21,22). The molecule has 0 aliphatic carbocycles. The Morgan fingerprint density at radius 2 is 2.17 bits per heavy atom. The summed E-state index contributed by atoms with van der Waals surface area (Å²) in [4.78, 5) is 23.4. The molecule has 0 aliphatic heterocycles. The van der Waals surface area contributed by atoms with Crippen molar-refractivity contribution in [3.05, 3.63) is 40.1 Å². The molecular weight excluding hydrogens is 379 g/mol. The minimum absolute atomic E-state index is 0.110. The van der Waals surface area contributed by atoms with E-state index in [1.54, 1.807) is 20.8 Å². The highest BCUT2D eigenvalue weighted by molar-refractivity contribution is 9.10. The third kappa shape index (κ3) is 5.78. The van der Waals surface area contributed by atoms with E-state index in [-0.39, 0.29) is 11.5 Å². The molecule has 0 aromatic heterocycles. The van der Waals surface area contributed by atoms with Crippen molar-refractivity contribution in [2.45, 2.75) is 26.3 Å². The van der Waals surface area contributed by atoms with Crippen LogP contribution in [0.25, 0.3) is 6.08 Å². The lowest BCUT2D eigenvalue weighted by Gasteiger charge is -2.27. The fourth-order valence-electron chi connectivity index (χ4n) is 1.61. The number of nitriles is 1. The van der Waals surface area contributed by atoms with Gasteiger partial charge >= 0.3 is 5.97 Å². The van der Waals surface area contributed by atoms with Gasteiger partial charge in [0.05, 0.1) is 6.07 Å². The first-order chi connectivity index (χ1) is 11.2. The first-order valence-electron chi connectivity index (χ1n) is 7.20. The molecule has 0 heterocycles. The van der Waals surface area contributed by atoms with Crippen molar-refractivity contribution < 1.29 is 18.7 Å². The topological polar surface area (TPSA) is 79.2 Å². The Morgan fingerprint density at radius 1 is 1.50 bits per heavy atom. The molecule has 1 rings (SSSR count). The van der Waals surface area contributed by atoms with Crippen molar-refractivity contribution in [3.8, 4) is 6.07 Å². The fraction of sp³-hybridized carbons (Fsp3) is 0.353. The molecule has 7 heteroatoms. The maximum absolute atomic E-state index is 13.5. The second-order valence-corrected chi connectivity index (χ2v) is 6.54. The van der Waals surface area contributed by atoms with Gasteiger partial charge in [0.1, 0.15) is 11.4 Å². The van der Waals surface area contributed by atoms with Crippen LogP contribution < -0.4 is 5.32 Å². The molecule has 0 aliphatic rings. The first kappa shape index (κ1) is 19.8. The highest BCUT2D eigenvalue weighted by Crippen LogP contribution is 2.17. The molecule has 0 spiro atoms. The Balaban J connectivity index is 2.57. The highest BCUT2D eigenvalue weighted by Gasteiger charge is 2.30. The number of esters is 1. The van der Waals surface area contributed by atoms with Crippen LogP contribution in [0.15, 0.2) is 28.7 Å². The van der Waals surface area contributed by atoms with E-state index in [4.69, 9.17) is 10.00 Å². The van der Waals surface area contributed by atoms with Gasteiger partial charge in [-0.25, -0.2) is 9.18 Å². The zero-order valence-electron chi connectivity index (χ0n) is 13.6. The molecule has 0 saturated carbocycles. The number of carbonyl (C=O) groups is 2. The minimum atomic E-state index is -1.04. The van der Waals surface area contributed by atoms with Gasteiger partial charge in [-0.2, -0.15) is 5.26 Å². The van der Waals surface area contributed by atoms with E-state index in [1.807, 2.05) is 6.07 Å². The quantitative estimate of drug-likeness (QED) is 0.591. The fourth-order valence-corrected chi connectivity index (χ4v) is 1.99. The predicted octanol–water partition coefficient (Wildman–Crippen LogP) is 3.20. The SMILES string of the molecule is CC(C)C(C)(C#N)NC(=O)COC(=O)C=Cc1cc(Br)ccc1F. The van der Waals surface area contributed by atoms with E-state index in [2.05, 4.69) is 21.2 Å². The summed E-state index contributed by atoms with van der Waals surface area (Å²) in [5.74, 6) is -1.96. The van der Waals surface area contributed by atoms with E-state index >= 15 is 0 Å². The molecule has 1 unspecified atom stereocenters. The molecule has 0 saturated heterocycles. The maximum Gasteiger partial charge on any atom is 0.331 e. The van der Waals surface area contributed by atoms with E-state index in [1.165, 1.54) is 24.3 Å². The Bertz CT molecular complexity index is 698. The minimum Gasteiger partial charge on any atom is -0.452 e. The van der Waals surface area contributed by atoms with Crippen LogP contribution in [0.3, 0.4) is 0 Å². The number of rotatable bonds is 6. The zero-order chi connectivity index (χ0) is 18.3. The molecule has 5 nitrogen and oxygen atoms in total. The smallest absolute Gasteiger partial charge is 0.331 e. The van der Waals surface area contributed by atoms with Gasteiger partial charge < -0.3 is 10.1 Å². The van der Waals surface area contributed by atoms with E-state index in [0.29, 0.717) is 4.47 Å². The van der Waals surface area contributed by atoms with Crippen LogP contribution in [-0.4, -0.2) is 24.0 Å². The van der Waals surface area contributed by atoms with Crippen molar-refractivity contribution in [1.82, 2.24) is 5.32 Å². The lowest BCUT2D eigenvalue weighted by molar-refractivity contribution is -0.144. The Labute approximate surface area is 148 Å². The molecular formula is C17H18BrFN2O3. The second-order valence-electron chi connectivity index (χ2n) is 5.62. The predicted molar refractivity (Wildman–Crippen MR) is 91.1 cm³/mol. The second kappa shape index (κ2) is 8.60. The van der Waals surface area contributed by atoms with E-state index in [0.717, 1.165) is 6.08 Å². The van der Waals surface area contributed by atoms with Crippen LogP contribution >= 0.6 is 15.9 Å². The van der Waals surface area contributed by atoms with Crippen LogP contribution in [0, 0.1) is 23.1 Å². The number of hydrogen-bond donors (Lipinski definition) is 1. The summed E-state index contributed by atoms with van der Waals surface area (Å²) in [7, 11) is 0. The van der Waals surface area contributed by atoms with Crippen LogP contribution in [0.2, 0.25) is 0 Å². The molecule has 1 amide bonds. The average Bonchev–Trinajstić information content (AvgIpc) is 2.53. The van der Waals surface area contributed by atoms with Gasteiger partial charge in [-0.3, -0.25) is 4.79 Å². The van der Waals surface area contributed by atoms with Gasteiger partial charge in [-0.1, -0.05) is 29.8 Å². The molecule has 24 heavy (non-hydrogen) atoms. The van der Waals surface area contributed by atoms with E-state index in [9.17, 15) is 14.0 Å². The Hall–Kier alpha value is -2.20. The van der Waals surface area contributed by atoms with Crippen molar-refractivity contribution in [3.63, 3.8) is 0 Å². The number of hydrogen-bond acceptors (Lipinski definition) is 4. The van der Waals surface area contributed by atoms with Crippen molar-refractivity contribution in [2.75, 3.05) is 6.61 Å². The number of halogens is 2. The Morgan fingerprint density at radius 3 is 2.75 bits per heavy atom. The van der Waals surface area contributed by atoms with Crippen molar-refractivity contribution in [2.24, 2.45) is 5.92 Å². The number of carbonyl (C=O) groups excluding carboxylic acids is 2. The largest absolute Gasteiger partial charge is 0.452 e. The third-order valence-electron chi connectivity index (χ3n) is 3.49. The van der Waals surface area contributed by atoms with Crippen molar-refractivity contribution >= 4 is 33.9 Å². The summed E-state index contributed by atoms with van der Waals surface area (Å²) < 4.78 is 19.0. The van der Waals surface area contributed by atoms with Crippen molar-refractivity contribution in [1.29, 1.82) is 5.26 Å². The van der Waals surface area contributed by atoms with Crippen LogP contribution in [0.4, 0.5) is 4.39 Å². The third-order valence-corrected chi connectivity index (χ3v) is 3.98. The molecule has 0 radical (unpaired) electrons. The van der Waals surface area contributed by atoms with Crippen LogP contribution in [0.5, 0.6) is 0 Å². The molecule has 1 N–H and O–H groups in total. The van der Waals surface area contributed by atoms with Gasteiger partial charge in [0.15, 0.2) is 6.61 Å². The van der Waals surface area contributed by atoms with Gasteiger partial charge in [0.2, 0.25) is 0 Å². The summed E-state index contributed by atoms with van der Waals surface area (Å²) in [6.45, 7) is 4.66. The molecule has 1 atom stereocenters. The Kier molecular flexibility index (Phi) is 7.11. The molecule has 1 aromatic carbocycles. The number of nitrogens with one attached hydrogen (secondary N) is 1.